The van der Waals surface area contributed by atoms with Gasteiger partial charge in [-0.25, -0.2) is 0 Å². The summed E-state index contributed by atoms with van der Waals surface area (Å²) in [4.78, 5) is 17.7. The van der Waals surface area contributed by atoms with Crippen molar-refractivity contribution in [2.45, 2.75) is 39.4 Å². The smallest absolute Gasteiger partial charge is 0.223 e. The third kappa shape index (κ3) is 3.66. The van der Waals surface area contributed by atoms with Crippen LogP contribution >= 0.6 is 0 Å². The molecule has 1 fully saturated rings. The maximum absolute atomic E-state index is 5.02. The molecule has 1 atom stereocenters. The van der Waals surface area contributed by atoms with Crippen LogP contribution < -0.4 is 0 Å². The molecule has 1 saturated heterocycles. The number of hydrogen-bond donors (Lipinski definition) is 0. The lowest BCUT2D eigenvalue weighted by Gasteiger charge is -2.23. The van der Waals surface area contributed by atoms with Crippen LogP contribution in [0.25, 0.3) is 0 Å². The summed E-state index contributed by atoms with van der Waals surface area (Å²) in [5.41, 5.74) is 1.99. The van der Waals surface area contributed by atoms with Crippen LogP contribution in [0.4, 0.5) is 0 Å². The normalized spacial score (nSPS) is 19.2. The lowest BCUT2D eigenvalue weighted by molar-refractivity contribution is 0.215. The summed E-state index contributed by atoms with van der Waals surface area (Å²) in [6.07, 6.45) is 4.84. The predicted molar refractivity (Wildman–Crippen MR) is 81.0 cm³/mol. The third-order valence-corrected chi connectivity index (χ3v) is 4.05. The second-order valence-electron chi connectivity index (χ2n) is 5.97. The molecular weight excluding hydrogens is 280 g/mol. The van der Waals surface area contributed by atoms with E-state index in [1.165, 1.54) is 0 Å². The van der Waals surface area contributed by atoms with Crippen LogP contribution in [0.2, 0.25) is 0 Å². The van der Waals surface area contributed by atoms with Crippen LogP contribution in [0, 0.1) is 13.8 Å². The summed E-state index contributed by atoms with van der Waals surface area (Å²) < 4.78 is 5.02. The Labute approximate surface area is 130 Å². The van der Waals surface area contributed by atoms with Gasteiger partial charge in [0, 0.05) is 45.0 Å². The topological polar surface area (TPSA) is 71.2 Å². The Morgan fingerprint density at radius 2 is 2.18 bits per heavy atom. The van der Waals surface area contributed by atoms with Gasteiger partial charge < -0.3 is 4.52 Å². The minimum Gasteiger partial charge on any atom is -0.340 e. The molecule has 2 aromatic rings. The number of likely N-dealkylation sites (N-methyl/N-ethyl adjacent to an activating group) is 1. The van der Waals surface area contributed by atoms with E-state index in [1.54, 1.807) is 0 Å². The van der Waals surface area contributed by atoms with Gasteiger partial charge in [-0.05, 0) is 20.4 Å². The van der Waals surface area contributed by atoms with E-state index in [4.69, 9.17) is 4.52 Å². The maximum Gasteiger partial charge on any atom is 0.223 e. The van der Waals surface area contributed by atoms with Gasteiger partial charge in [-0.15, -0.1) is 0 Å². The van der Waals surface area contributed by atoms with Crippen LogP contribution in [0.5, 0.6) is 0 Å². The number of aryl methyl sites for hydroxylation is 2. The van der Waals surface area contributed by atoms with Gasteiger partial charge in [0.1, 0.15) is 0 Å². The molecule has 3 heterocycles. The van der Waals surface area contributed by atoms with Gasteiger partial charge in [-0.1, -0.05) is 5.16 Å². The first kappa shape index (κ1) is 15.1. The highest BCUT2D eigenvalue weighted by Crippen LogP contribution is 2.17. The molecule has 22 heavy (non-hydrogen) atoms. The molecule has 2 aromatic heterocycles. The maximum atomic E-state index is 5.02. The summed E-state index contributed by atoms with van der Waals surface area (Å²) in [6.45, 7) is 7.46. The Kier molecular flexibility index (Phi) is 4.44. The molecule has 0 spiro atoms. The fourth-order valence-electron chi connectivity index (χ4n) is 2.80. The lowest BCUT2D eigenvalue weighted by atomic mass is 10.2. The molecule has 0 saturated carbocycles. The first-order chi connectivity index (χ1) is 10.6. The molecule has 1 aliphatic heterocycles. The SMILES string of the molecule is Cc1cnc(CN2CC[C@@H](N(C)Cc3noc(C)n3)C2)cn1. The Morgan fingerprint density at radius 1 is 1.32 bits per heavy atom. The van der Waals surface area contributed by atoms with E-state index in [9.17, 15) is 0 Å². The molecule has 0 bridgehead atoms. The molecule has 0 N–H and O–H groups in total. The summed E-state index contributed by atoms with van der Waals surface area (Å²) in [5.74, 6) is 1.37. The molecule has 3 rings (SSSR count). The Morgan fingerprint density at radius 3 is 2.86 bits per heavy atom. The first-order valence-electron chi connectivity index (χ1n) is 7.59. The predicted octanol–water partition coefficient (Wildman–Crippen LogP) is 1.18. The highest BCUT2D eigenvalue weighted by atomic mass is 16.5. The second kappa shape index (κ2) is 6.50. The van der Waals surface area contributed by atoms with Crippen LogP contribution in [-0.4, -0.2) is 56.1 Å². The van der Waals surface area contributed by atoms with E-state index >= 15 is 0 Å². The van der Waals surface area contributed by atoms with E-state index < -0.39 is 0 Å². The number of rotatable bonds is 5. The highest BCUT2D eigenvalue weighted by Gasteiger charge is 2.26. The third-order valence-electron chi connectivity index (χ3n) is 4.05. The van der Waals surface area contributed by atoms with Crippen molar-refractivity contribution in [1.29, 1.82) is 0 Å². The average molecular weight is 302 g/mol. The molecule has 0 unspecified atom stereocenters. The van der Waals surface area contributed by atoms with Crippen molar-refractivity contribution in [1.82, 2.24) is 29.9 Å². The first-order valence-corrected chi connectivity index (χ1v) is 7.59. The summed E-state index contributed by atoms with van der Waals surface area (Å²) in [5, 5.41) is 3.96. The zero-order valence-corrected chi connectivity index (χ0v) is 13.4. The van der Waals surface area contributed by atoms with E-state index in [-0.39, 0.29) is 0 Å². The van der Waals surface area contributed by atoms with Gasteiger partial charge in [0.05, 0.1) is 17.9 Å². The molecule has 0 aromatic carbocycles. The molecule has 0 amide bonds. The number of likely N-dealkylation sites (tertiary alicyclic amines) is 1. The van der Waals surface area contributed by atoms with Crippen LogP contribution in [0.1, 0.15) is 29.5 Å². The van der Waals surface area contributed by atoms with E-state index in [0.717, 1.165) is 49.8 Å². The van der Waals surface area contributed by atoms with Crippen molar-refractivity contribution in [2.75, 3.05) is 20.1 Å². The number of hydrogen-bond acceptors (Lipinski definition) is 7. The summed E-state index contributed by atoms with van der Waals surface area (Å²) in [6, 6.07) is 0.511. The second-order valence-corrected chi connectivity index (χ2v) is 5.97. The zero-order valence-electron chi connectivity index (χ0n) is 13.4. The van der Waals surface area contributed by atoms with Crippen LogP contribution in [-0.2, 0) is 13.1 Å². The summed E-state index contributed by atoms with van der Waals surface area (Å²) >= 11 is 0. The molecule has 7 nitrogen and oxygen atoms in total. The Hall–Kier alpha value is -1.86. The van der Waals surface area contributed by atoms with Crippen LogP contribution in [0.15, 0.2) is 16.9 Å². The molecule has 0 aliphatic carbocycles. The molecule has 7 heteroatoms. The zero-order chi connectivity index (χ0) is 15.5. The fourth-order valence-corrected chi connectivity index (χ4v) is 2.80. The molecule has 1 aliphatic rings. The fraction of sp³-hybridized carbons (Fsp3) is 0.600. The van der Waals surface area contributed by atoms with Crippen molar-refractivity contribution in [3.05, 3.63) is 35.5 Å². The summed E-state index contributed by atoms with van der Waals surface area (Å²) in [7, 11) is 2.12. The monoisotopic (exact) mass is 302 g/mol. The number of aromatic nitrogens is 4. The van der Waals surface area contributed by atoms with Crippen molar-refractivity contribution >= 4 is 0 Å². The minimum absolute atomic E-state index is 0.511. The average Bonchev–Trinajstić information content (AvgIpc) is 3.11. The van der Waals surface area contributed by atoms with Gasteiger partial charge >= 0.3 is 0 Å². The standard InChI is InChI=1S/C15H22N6O/c1-11-6-17-13(7-16-11)8-21-5-4-14(9-21)20(3)10-15-18-12(2)22-19-15/h6-7,14H,4-5,8-10H2,1-3H3/t14-/m1/s1. The molecule has 0 radical (unpaired) electrons. The lowest BCUT2D eigenvalue weighted by Crippen LogP contribution is -2.34. The highest BCUT2D eigenvalue weighted by molar-refractivity contribution is 5.01. The van der Waals surface area contributed by atoms with Gasteiger partial charge in [-0.3, -0.25) is 19.8 Å². The quantitative estimate of drug-likeness (QED) is 0.821. The van der Waals surface area contributed by atoms with Gasteiger partial charge in [0.2, 0.25) is 5.89 Å². The Bertz CT molecular complexity index is 611. The van der Waals surface area contributed by atoms with Gasteiger partial charge in [-0.2, -0.15) is 4.98 Å². The number of nitrogens with zero attached hydrogens (tertiary/aromatic N) is 6. The van der Waals surface area contributed by atoms with Gasteiger partial charge in [0.25, 0.3) is 0 Å². The molecule has 118 valence electrons. The van der Waals surface area contributed by atoms with Crippen molar-refractivity contribution < 1.29 is 4.52 Å². The van der Waals surface area contributed by atoms with Crippen molar-refractivity contribution in [2.24, 2.45) is 0 Å². The molecular formula is C15H22N6O. The van der Waals surface area contributed by atoms with E-state index in [2.05, 4.69) is 37.0 Å². The van der Waals surface area contributed by atoms with Crippen molar-refractivity contribution in [3.63, 3.8) is 0 Å². The van der Waals surface area contributed by atoms with E-state index in [0.29, 0.717) is 11.9 Å². The minimum atomic E-state index is 0.511. The van der Waals surface area contributed by atoms with Crippen molar-refractivity contribution in [3.8, 4) is 0 Å². The van der Waals surface area contributed by atoms with Crippen LogP contribution in [0.3, 0.4) is 0 Å². The van der Waals surface area contributed by atoms with Gasteiger partial charge in [0.15, 0.2) is 5.82 Å². The Balaban J connectivity index is 1.52. The largest absolute Gasteiger partial charge is 0.340 e. The van der Waals surface area contributed by atoms with E-state index in [1.807, 2.05) is 26.2 Å².